The van der Waals surface area contributed by atoms with E-state index in [1.807, 2.05) is 0 Å². The SMILES string of the molecule is CC/C=C\C/C=C\C/C=C\C/C=C\C/C=C\C/C=C\CCCOCC(CO)OC(=O)CCCCCCCCCCCCCCCCCCCCCCCCCCC. The number of carbonyl (C=O) groups excluding carboxylic acids is 1. The molecule has 330 valence electrons. The molecular weight excluding hydrogens is 701 g/mol. The summed E-state index contributed by atoms with van der Waals surface area (Å²) < 4.78 is 11.1. The summed E-state index contributed by atoms with van der Waals surface area (Å²) >= 11 is 0. The van der Waals surface area contributed by atoms with Gasteiger partial charge in [-0.2, -0.15) is 0 Å². The predicted molar refractivity (Wildman–Crippen MR) is 251 cm³/mol. The van der Waals surface area contributed by atoms with E-state index in [4.69, 9.17) is 9.47 Å². The van der Waals surface area contributed by atoms with Crippen LogP contribution >= 0.6 is 0 Å². The Balaban J connectivity index is 3.47. The number of ether oxygens (including phenoxy) is 2. The maximum Gasteiger partial charge on any atom is 0.306 e. The van der Waals surface area contributed by atoms with Crippen molar-refractivity contribution in [1.29, 1.82) is 0 Å². The normalized spacial score (nSPS) is 13.0. The molecule has 0 radical (unpaired) electrons. The molecule has 0 spiro atoms. The van der Waals surface area contributed by atoms with E-state index in [-0.39, 0.29) is 19.2 Å². The van der Waals surface area contributed by atoms with E-state index in [1.54, 1.807) is 0 Å². The van der Waals surface area contributed by atoms with Crippen LogP contribution in [0.4, 0.5) is 0 Å². The van der Waals surface area contributed by atoms with Gasteiger partial charge in [-0.15, -0.1) is 0 Å². The molecule has 0 aromatic heterocycles. The van der Waals surface area contributed by atoms with E-state index in [9.17, 15) is 9.90 Å². The summed E-state index contributed by atoms with van der Waals surface area (Å²) in [6, 6.07) is 0. The Bertz CT molecular complexity index is 973. The molecule has 0 heterocycles. The van der Waals surface area contributed by atoms with E-state index < -0.39 is 6.10 Å². The zero-order valence-corrected chi connectivity index (χ0v) is 37.8. The van der Waals surface area contributed by atoms with Crippen LogP contribution in [0.1, 0.15) is 232 Å². The third-order valence-electron chi connectivity index (χ3n) is 10.5. The first-order chi connectivity index (χ1) is 28.2. The molecule has 1 unspecified atom stereocenters. The smallest absolute Gasteiger partial charge is 0.306 e. The number of aliphatic hydroxyl groups excluding tert-OH is 1. The summed E-state index contributed by atoms with van der Waals surface area (Å²) in [7, 11) is 0. The second-order valence-electron chi connectivity index (χ2n) is 16.2. The zero-order chi connectivity index (χ0) is 41.2. The van der Waals surface area contributed by atoms with Crippen molar-refractivity contribution < 1.29 is 19.4 Å². The third-order valence-corrected chi connectivity index (χ3v) is 10.5. The lowest BCUT2D eigenvalue weighted by Gasteiger charge is -2.15. The molecule has 0 fully saturated rings. The summed E-state index contributed by atoms with van der Waals surface area (Å²) in [5.41, 5.74) is 0. The van der Waals surface area contributed by atoms with E-state index in [0.29, 0.717) is 13.0 Å². The van der Waals surface area contributed by atoms with Crippen molar-refractivity contribution in [2.75, 3.05) is 19.8 Å². The average Bonchev–Trinajstić information content (AvgIpc) is 3.22. The molecule has 57 heavy (non-hydrogen) atoms. The molecule has 0 rings (SSSR count). The van der Waals surface area contributed by atoms with Gasteiger partial charge in [-0.25, -0.2) is 0 Å². The van der Waals surface area contributed by atoms with Crippen molar-refractivity contribution in [3.63, 3.8) is 0 Å². The minimum absolute atomic E-state index is 0.196. The number of esters is 1. The molecular formula is C53H94O4. The standard InChI is InChI=1S/C53H94O4/c1-3-5-7-9-11-13-15-17-19-21-23-25-26-27-28-29-30-32-34-36-38-40-42-44-46-48-53(55)57-52(50-54)51-56-49-47-45-43-41-39-37-35-33-31-24-22-20-18-16-14-12-10-8-6-4-2/h6,8,12,14,18,20,24,31,35,37,41,43,52,54H,3-5,7,9-11,13,15-17,19,21-23,25-30,32-34,36,38-40,42,44-51H2,1-2H3/b8-6-,14-12-,20-18-,31-24-,37-35-,43-41-. The van der Waals surface area contributed by atoms with E-state index >= 15 is 0 Å². The number of allylic oxidation sites excluding steroid dienone is 12. The molecule has 0 aromatic carbocycles. The molecule has 4 heteroatoms. The Labute approximate surface area is 355 Å². The molecule has 1 N–H and O–H groups in total. The van der Waals surface area contributed by atoms with Gasteiger partial charge in [-0.1, -0.05) is 241 Å². The van der Waals surface area contributed by atoms with Crippen molar-refractivity contribution in [3.05, 3.63) is 72.9 Å². The van der Waals surface area contributed by atoms with Crippen LogP contribution in [0.5, 0.6) is 0 Å². The molecule has 0 bridgehead atoms. The van der Waals surface area contributed by atoms with Crippen LogP contribution in [-0.2, 0) is 14.3 Å². The molecule has 4 nitrogen and oxygen atoms in total. The highest BCUT2D eigenvalue weighted by molar-refractivity contribution is 5.69. The van der Waals surface area contributed by atoms with Crippen molar-refractivity contribution in [2.24, 2.45) is 0 Å². The van der Waals surface area contributed by atoms with Gasteiger partial charge in [0.05, 0.1) is 13.2 Å². The summed E-state index contributed by atoms with van der Waals surface area (Å²) in [5, 5.41) is 9.63. The number of hydrogen-bond donors (Lipinski definition) is 1. The Morgan fingerprint density at radius 3 is 1.12 bits per heavy atom. The molecule has 0 aliphatic heterocycles. The quantitative estimate of drug-likeness (QED) is 0.0379. The summed E-state index contributed by atoms with van der Waals surface area (Å²) in [5.74, 6) is -0.218. The van der Waals surface area contributed by atoms with Gasteiger partial charge in [0.2, 0.25) is 0 Å². The fourth-order valence-electron chi connectivity index (χ4n) is 6.93. The minimum atomic E-state index is -0.567. The third kappa shape index (κ3) is 48.1. The molecule has 0 saturated heterocycles. The lowest BCUT2D eigenvalue weighted by Crippen LogP contribution is -2.27. The highest BCUT2D eigenvalue weighted by atomic mass is 16.6. The van der Waals surface area contributed by atoms with E-state index in [0.717, 1.165) is 64.2 Å². The van der Waals surface area contributed by atoms with Gasteiger partial charge < -0.3 is 14.6 Å². The maximum atomic E-state index is 12.3. The predicted octanol–water partition coefficient (Wildman–Crippen LogP) is 16.5. The van der Waals surface area contributed by atoms with Crippen LogP contribution < -0.4 is 0 Å². The summed E-state index contributed by atoms with van der Waals surface area (Å²) in [6.07, 6.45) is 68.6. The molecule has 0 saturated carbocycles. The molecule has 0 aliphatic carbocycles. The Kier molecular flexibility index (Phi) is 48.1. The maximum absolute atomic E-state index is 12.3. The van der Waals surface area contributed by atoms with Crippen molar-refractivity contribution in [1.82, 2.24) is 0 Å². The fourth-order valence-corrected chi connectivity index (χ4v) is 6.93. The second kappa shape index (κ2) is 50.0. The van der Waals surface area contributed by atoms with Gasteiger partial charge in [0.1, 0.15) is 6.10 Å². The Morgan fingerprint density at radius 2 is 0.772 bits per heavy atom. The van der Waals surface area contributed by atoms with Crippen molar-refractivity contribution in [2.45, 2.75) is 238 Å². The highest BCUT2D eigenvalue weighted by Gasteiger charge is 2.13. The van der Waals surface area contributed by atoms with Crippen LogP contribution in [0.15, 0.2) is 72.9 Å². The highest BCUT2D eigenvalue weighted by Crippen LogP contribution is 2.16. The van der Waals surface area contributed by atoms with Crippen molar-refractivity contribution in [3.8, 4) is 0 Å². The number of rotatable bonds is 45. The summed E-state index contributed by atoms with van der Waals surface area (Å²) in [4.78, 5) is 12.3. The molecule has 0 aliphatic rings. The minimum Gasteiger partial charge on any atom is -0.457 e. The Hall–Kier alpha value is -2.17. The first-order valence-corrected chi connectivity index (χ1v) is 24.5. The Morgan fingerprint density at radius 1 is 0.439 bits per heavy atom. The number of carbonyl (C=O) groups is 1. The van der Waals surface area contributed by atoms with E-state index in [1.165, 1.54) is 148 Å². The topological polar surface area (TPSA) is 55.8 Å². The van der Waals surface area contributed by atoms with Crippen LogP contribution in [0, 0.1) is 0 Å². The van der Waals surface area contributed by atoms with Gasteiger partial charge in [0.15, 0.2) is 0 Å². The second-order valence-corrected chi connectivity index (χ2v) is 16.2. The molecule has 0 amide bonds. The lowest BCUT2D eigenvalue weighted by atomic mass is 10.0. The molecule has 0 aromatic rings. The van der Waals surface area contributed by atoms with Gasteiger partial charge in [0, 0.05) is 13.0 Å². The van der Waals surface area contributed by atoms with E-state index in [2.05, 4.69) is 86.8 Å². The van der Waals surface area contributed by atoms with Crippen LogP contribution in [0.25, 0.3) is 0 Å². The molecule has 1 atom stereocenters. The average molecular weight is 795 g/mol. The van der Waals surface area contributed by atoms with Crippen molar-refractivity contribution >= 4 is 5.97 Å². The van der Waals surface area contributed by atoms with Gasteiger partial charge in [0.25, 0.3) is 0 Å². The van der Waals surface area contributed by atoms with Gasteiger partial charge >= 0.3 is 5.97 Å². The fraction of sp³-hybridized carbons (Fsp3) is 0.755. The van der Waals surface area contributed by atoms with Crippen LogP contribution in [-0.4, -0.2) is 37.0 Å². The largest absolute Gasteiger partial charge is 0.457 e. The van der Waals surface area contributed by atoms with Crippen LogP contribution in [0.2, 0.25) is 0 Å². The first kappa shape index (κ1) is 54.8. The first-order valence-electron chi connectivity index (χ1n) is 24.5. The van der Waals surface area contributed by atoms with Gasteiger partial charge in [-0.05, 0) is 57.8 Å². The van der Waals surface area contributed by atoms with Gasteiger partial charge in [-0.3, -0.25) is 4.79 Å². The number of unbranched alkanes of at least 4 members (excludes halogenated alkanes) is 25. The van der Waals surface area contributed by atoms with Crippen LogP contribution in [0.3, 0.4) is 0 Å². The number of hydrogen-bond acceptors (Lipinski definition) is 4. The lowest BCUT2D eigenvalue weighted by molar-refractivity contribution is -0.154. The monoisotopic (exact) mass is 795 g/mol. The summed E-state index contributed by atoms with van der Waals surface area (Å²) in [6.45, 7) is 5.11. The zero-order valence-electron chi connectivity index (χ0n) is 37.8. The number of aliphatic hydroxyl groups is 1.